The number of fused-ring (bicyclic) bond motifs is 5. The number of aromatic nitrogens is 3. The molecule has 207 valence electrons. The van der Waals surface area contributed by atoms with Crippen LogP contribution < -0.4 is 0 Å². The molecule has 0 aliphatic heterocycles. The molecular weight excluding hydrogens is 703 g/mol. The SMILES string of the molecule is [2H]C([2H])([2H])c1cnc(-c2[c-]ccc3c2oc2ccc4nc(C(C)(C)C)sc4c23)cc1C([2H])([2H])[2H].[Ir].[c-]1ccccc1-c1ccccn1. The number of rotatable bonds is 2. The maximum atomic E-state index is 7.86. The summed E-state index contributed by atoms with van der Waals surface area (Å²) in [4.78, 5) is 13.3. The quantitative estimate of drug-likeness (QED) is 0.166. The van der Waals surface area contributed by atoms with Crippen LogP contribution >= 0.6 is 11.3 Å². The molecule has 7 rings (SSSR count). The Morgan fingerprint density at radius 2 is 1.73 bits per heavy atom. The zero-order chi connectivity index (χ0) is 32.9. The van der Waals surface area contributed by atoms with Gasteiger partial charge in [0.25, 0.3) is 0 Å². The largest absolute Gasteiger partial charge is 0.501 e. The third-order valence-corrected chi connectivity index (χ3v) is 7.92. The second-order valence-electron chi connectivity index (χ2n) is 10.4. The summed E-state index contributed by atoms with van der Waals surface area (Å²) in [5, 5.41) is 2.80. The first-order chi connectivity index (χ1) is 21.7. The molecular formula is C35H29IrN3OS-2. The third-order valence-electron chi connectivity index (χ3n) is 6.40. The van der Waals surface area contributed by atoms with Crippen molar-refractivity contribution in [1.29, 1.82) is 0 Å². The minimum absolute atomic E-state index is 0. The van der Waals surface area contributed by atoms with Gasteiger partial charge in [-0.15, -0.1) is 65.4 Å². The van der Waals surface area contributed by atoms with Crippen LogP contribution in [0.3, 0.4) is 0 Å². The molecule has 0 fully saturated rings. The minimum Gasteiger partial charge on any atom is -0.501 e. The number of pyridine rings is 2. The Bertz CT molecular complexity index is 2130. The van der Waals surface area contributed by atoms with Gasteiger partial charge in [-0.3, -0.25) is 0 Å². The van der Waals surface area contributed by atoms with E-state index in [-0.39, 0.29) is 36.6 Å². The number of benzene rings is 3. The van der Waals surface area contributed by atoms with Crippen LogP contribution in [-0.2, 0) is 25.5 Å². The smallest absolute Gasteiger partial charge is 0.122 e. The van der Waals surface area contributed by atoms with E-state index in [1.807, 2.05) is 60.7 Å². The molecule has 0 unspecified atom stereocenters. The van der Waals surface area contributed by atoms with Gasteiger partial charge in [0.15, 0.2) is 0 Å². The second kappa shape index (κ2) is 11.7. The third kappa shape index (κ3) is 5.73. The first-order valence-corrected chi connectivity index (χ1v) is 13.6. The van der Waals surface area contributed by atoms with Crippen LogP contribution in [0.5, 0.6) is 0 Å². The van der Waals surface area contributed by atoms with Gasteiger partial charge in [0.1, 0.15) is 5.58 Å². The normalized spacial score (nSPS) is 14.1. The van der Waals surface area contributed by atoms with Crippen LogP contribution in [0.15, 0.2) is 89.6 Å². The van der Waals surface area contributed by atoms with E-state index in [1.54, 1.807) is 23.6 Å². The van der Waals surface area contributed by atoms with E-state index in [9.17, 15) is 0 Å². The Hall–Kier alpha value is -3.70. The van der Waals surface area contributed by atoms with Gasteiger partial charge in [0, 0.05) is 51.5 Å². The van der Waals surface area contributed by atoms with Crippen LogP contribution in [0, 0.1) is 25.8 Å². The average molecular weight is 738 g/mol. The molecule has 1 radical (unpaired) electrons. The summed E-state index contributed by atoms with van der Waals surface area (Å²) in [5.41, 5.74) is 4.25. The Kier molecular flexibility index (Phi) is 6.24. The van der Waals surface area contributed by atoms with Gasteiger partial charge < -0.3 is 14.4 Å². The van der Waals surface area contributed by atoms with Crippen molar-refractivity contribution in [3.8, 4) is 22.5 Å². The Morgan fingerprint density at radius 1 is 0.878 bits per heavy atom. The zero-order valence-corrected chi connectivity index (χ0v) is 25.8. The van der Waals surface area contributed by atoms with Crippen molar-refractivity contribution in [1.82, 2.24) is 15.0 Å². The van der Waals surface area contributed by atoms with Crippen molar-refractivity contribution < 1.29 is 32.7 Å². The first kappa shape index (κ1) is 22.0. The molecule has 41 heavy (non-hydrogen) atoms. The summed E-state index contributed by atoms with van der Waals surface area (Å²) in [5.74, 6) is 0. The number of furan rings is 1. The molecule has 0 amide bonds. The van der Waals surface area contributed by atoms with E-state index in [2.05, 4.69) is 42.9 Å². The molecule has 0 aliphatic rings. The molecule has 4 aromatic heterocycles. The molecule has 0 atom stereocenters. The number of aryl methyl sites for hydroxylation is 2. The summed E-state index contributed by atoms with van der Waals surface area (Å²) < 4.78 is 54.0. The van der Waals surface area contributed by atoms with Crippen LogP contribution in [0.2, 0.25) is 0 Å². The van der Waals surface area contributed by atoms with Crippen LogP contribution in [0.1, 0.15) is 45.1 Å². The topological polar surface area (TPSA) is 51.8 Å². The summed E-state index contributed by atoms with van der Waals surface area (Å²) in [7, 11) is 0. The van der Waals surface area contributed by atoms with Gasteiger partial charge in [0.05, 0.1) is 20.8 Å². The predicted octanol–water partition coefficient (Wildman–Crippen LogP) is 9.52. The fourth-order valence-corrected chi connectivity index (χ4v) is 5.56. The monoisotopic (exact) mass is 738 g/mol. The maximum absolute atomic E-state index is 7.86. The van der Waals surface area contributed by atoms with Crippen molar-refractivity contribution in [2.45, 2.75) is 39.9 Å². The summed E-state index contributed by atoms with van der Waals surface area (Å²) in [6, 6.07) is 28.7. The van der Waals surface area contributed by atoms with E-state index in [0.29, 0.717) is 22.4 Å². The number of hydrogen-bond acceptors (Lipinski definition) is 5. The summed E-state index contributed by atoms with van der Waals surface area (Å²) in [6.07, 6.45) is 2.91. The molecule has 3 aromatic carbocycles. The fourth-order valence-electron chi connectivity index (χ4n) is 4.39. The van der Waals surface area contributed by atoms with Crippen molar-refractivity contribution in [2.75, 3.05) is 0 Å². The van der Waals surface area contributed by atoms with Gasteiger partial charge in [-0.25, -0.2) is 4.98 Å². The molecule has 0 saturated heterocycles. The predicted molar refractivity (Wildman–Crippen MR) is 166 cm³/mol. The Morgan fingerprint density at radius 3 is 2.46 bits per heavy atom. The number of nitrogens with zero attached hydrogens (tertiary/aromatic N) is 3. The van der Waals surface area contributed by atoms with E-state index in [0.717, 1.165) is 43.5 Å². The van der Waals surface area contributed by atoms with Crippen LogP contribution in [0.4, 0.5) is 0 Å². The maximum Gasteiger partial charge on any atom is 0.122 e. The summed E-state index contributed by atoms with van der Waals surface area (Å²) >= 11 is 1.63. The van der Waals surface area contributed by atoms with Crippen molar-refractivity contribution in [2.24, 2.45) is 0 Å². The average Bonchev–Trinajstić information content (AvgIpc) is 3.63. The van der Waals surface area contributed by atoms with E-state index >= 15 is 0 Å². The molecule has 6 heteroatoms. The first-order valence-electron chi connectivity index (χ1n) is 15.8. The second-order valence-corrected chi connectivity index (χ2v) is 11.4. The van der Waals surface area contributed by atoms with Crippen LogP contribution in [0.25, 0.3) is 54.7 Å². The number of hydrogen-bond donors (Lipinski definition) is 0. The summed E-state index contributed by atoms with van der Waals surface area (Å²) in [6.45, 7) is 1.17. The Balaban J connectivity index is 0.000000280. The van der Waals surface area contributed by atoms with Gasteiger partial charge in [0.2, 0.25) is 0 Å². The van der Waals surface area contributed by atoms with Gasteiger partial charge in [-0.2, -0.15) is 0 Å². The van der Waals surface area contributed by atoms with Crippen molar-refractivity contribution in [3.63, 3.8) is 0 Å². The molecule has 4 nitrogen and oxygen atoms in total. The molecule has 0 N–H and O–H groups in total. The molecule has 0 saturated carbocycles. The van der Waals surface area contributed by atoms with E-state index in [4.69, 9.17) is 17.6 Å². The molecule has 0 spiro atoms. The van der Waals surface area contributed by atoms with Crippen molar-refractivity contribution in [3.05, 3.63) is 113 Å². The number of thiazole rings is 1. The van der Waals surface area contributed by atoms with Gasteiger partial charge in [-0.05, 0) is 48.9 Å². The van der Waals surface area contributed by atoms with Gasteiger partial charge >= 0.3 is 0 Å². The standard InChI is InChI=1S/C24H21N2OS.C11H8N.Ir/c1-13-11-18(25-12-14(13)2)15-7-6-8-16-20-19(27-21(15)16)10-9-17-22(20)28-23(26-17)24(3,4)5;1-2-6-10(7-3-1)11-8-4-5-9-12-11;/h6,8-12H,1-5H3;1-6,8-9H;/q2*-1;/i1D3,2D3;;. The molecule has 4 heterocycles. The van der Waals surface area contributed by atoms with E-state index < -0.39 is 13.7 Å². The molecule has 0 aliphatic carbocycles. The zero-order valence-electron chi connectivity index (χ0n) is 28.6. The van der Waals surface area contributed by atoms with Crippen molar-refractivity contribution >= 4 is 43.5 Å². The molecule has 7 aromatic rings. The van der Waals surface area contributed by atoms with E-state index in [1.165, 1.54) is 6.07 Å². The molecule has 0 bridgehead atoms. The Labute approximate surface area is 266 Å². The minimum atomic E-state index is -2.61. The van der Waals surface area contributed by atoms with Crippen LogP contribution in [-0.4, -0.2) is 15.0 Å². The fraction of sp³-hybridized carbons (Fsp3) is 0.171. The van der Waals surface area contributed by atoms with Gasteiger partial charge in [-0.1, -0.05) is 55.5 Å².